The average molecular weight is 519 g/mol. The van der Waals surface area contributed by atoms with Crippen LogP contribution in [-0.4, -0.2) is 66.9 Å². The Labute approximate surface area is 222 Å². The highest BCUT2D eigenvalue weighted by Gasteiger charge is 2.40. The smallest absolute Gasteiger partial charge is 0.407 e. The SMILES string of the molecule is CC(C)N(C)c1cc2c(c(CN(C)C(=O)O)n1)CN(c1cccc(-c3nnc4n3C(C)(C)C(C)C4)n1)C2=O. The number of carbonyl (C=O) groups excluding carboxylic acids is 1. The number of pyridine rings is 2. The van der Waals surface area contributed by atoms with Gasteiger partial charge in [-0.25, -0.2) is 14.8 Å². The second kappa shape index (κ2) is 9.07. The molecular formula is C27H34N8O3. The van der Waals surface area contributed by atoms with Gasteiger partial charge >= 0.3 is 6.09 Å². The van der Waals surface area contributed by atoms with Crippen LogP contribution < -0.4 is 9.80 Å². The Bertz CT molecular complexity index is 1430. The number of rotatable bonds is 6. The largest absolute Gasteiger partial charge is 0.465 e. The van der Waals surface area contributed by atoms with Gasteiger partial charge in [-0.05, 0) is 51.8 Å². The third-order valence-electron chi connectivity index (χ3n) is 8.08. The second-order valence-electron chi connectivity index (χ2n) is 11.1. The lowest BCUT2D eigenvalue weighted by Crippen LogP contribution is -2.29. The summed E-state index contributed by atoms with van der Waals surface area (Å²) in [6.07, 6.45) is -0.204. The molecule has 3 aromatic heterocycles. The lowest BCUT2D eigenvalue weighted by atomic mass is 9.90. The first-order chi connectivity index (χ1) is 17.9. The number of amides is 2. The zero-order valence-electron chi connectivity index (χ0n) is 22.9. The Balaban J connectivity index is 1.53. The molecule has 0 spiro atoms. The topological polar surface area (TPSA) is 121 Å². The third-order valence-corrected chi connectivity index (χ3v) is 8.08. The number of fused-ring (bicyclic) bond motifs is 2. The van der Waals surface area contributed by atoms with Gasteiger partial charge in [0, 0.05) is 37.7 Å². The zero-order valence-corrected chi connectivity index (χ0v) is 22.9. The zero-order chi connectivity index (χ0) is 27.5. The van der Waals surface area contributed by atoms with Crippen LogP contribution in [0.1, 0.15) is 62.1 Å². The molecule has 0 saturated carbocycles. The van der Waals surface area contributed by atoms with Crippen LogP contribution >= 0.6 is 0 Å². The molecule has 3 aromatic rings. The summed E-state index contributed by atoms with van der Waals surface area (Å²) in [6.45, 7) is 11.0. The first-order valence-electron chi connectivity index (χ1n) is 12.8. The van der Waals surface area contributed by atoms with Gasteiger partial charge in [-0.15, -0.1) is 10.2 Å². The normalized spacial score (nSPS) is 17.6. The minimum Gasteiger partial charge on any atom is -0.465 e. The molecule has 0 radical (unpaired) electrons. The molecule has 200 valence electrons. The molecule has 5 heterocycles. The minimum absolute atomic E-state index is 0.0746. The van der Waals surface area contributed by atoms with Crippen molar-refractivity contribution in [3.63, 3.8) is 0 Å². The number of hydrogen-bond donors (Lipinski definition) is 1. The summed E-state index contributed by atoms with van der Waals surface area (Å²) in [4.78, 5) is 39.7. The molecule has 2 aliphatic heterocycles. The van der Waals surface area contributed by atoms with E-state index in [1.165, 1.54) is 11.9 Å². The highest BCUT2D eigenvalue weighted by molar-refractivity contribution is 6.10. The highest BCUT2D eigenvalue weighted by Crippen LogP contribution is 2.39. The molecule has 0 fully saturated rings. The van der Waals surface area contributed by atoms with Crippen molar-refractivity contribution in [3.05, 3.63) is 46.9 Å². The molecule has 38 heavy (non-hydrogen) atoms. The Morgan fingerprint density at radius 3 is 2.63 bits per heavy atom. The summed E-state index contributed by atoms with van der Waals surface area (Å²) in [5.74, 6) is 2.98. The molecule has 0 aromatic carbocycles. The molecule has 0 aliphatic carbocycles. The summed E-state index contributed by atoms with van der Waals surface area (Å²) in [6, 6.07) is 7.50. The third kappa shape index (κ3) is 4.06. The van der Waals surface area contributed by atoms with Crippen molar-refractivity contribution >= 4 is 23.6 Å². The summed E-state index contributed by atoms with van der Waals surface area (Å²) < 4.78 is 2.15. The van der Waals surface area contributed by atoms with E-state index in [9.17, 15) is 14.7 Å². The van der Waals surface area contributed by atoms with E-state index in [1.807, 2.05) is 37.9 Å². The monoisotopic (exact) mass is 518 g/mol. The second-order valence-corrected chi connectivity index (χ2v) is 11.1. The molecule has 0 bridgehead atoms. The summed E-state index contributed by atoms with van der Waals surface area (Å²) in [7, 11) is 3.40. The van der Waals surface area contributed by atoms with Crippen molar-refractivity contribution in [1.82, 2.24) is 29.6 Å². The van der Waals surface area contributed by atoms with Crippen LogP contribution in [0.4, 0.5) is 16.4 Å². The summed E-state index contributed by atoms with van der Waals surface area (Å²) in [5, 5.41) is 18.3. The quantitative estimate of drug-likeness (QED) is 0.523. The van der Waals surface area contributed by atoms with Crippen molar-refractivity contribution < 1.29 is 14.7 Å². The Morgan fingerprint density at radius 1 is 1.21 bits per heavy atom. The number of nitrogens with zero attached hydrogens (tertiary/aromatic N) is 8. The van der Waals surface area contributed by atoms with Crippen LogP contribution in [0.3, 0.4) is 0 Å². The lowest BCUT2D eigenvalue weighted by Gasteiger charge is -2.27. The van der Waals surface area contributed by atoms with E-state index >= 15 is 0 Å². The van der Waals surface area contributed by atoms with Crippen LogP contribution in [0.2, 0.25) is 0 Å². The maximum atomic E-state index is 13.7. The van der Waals surface area contributed by atoms with Crippen LogP contribution in [0.15, 0.2) is 24.3 Å². The van der Waals surface area contributed by atoms with Gasteiger partial charge in [0.15, 0.2) is 5.82 Å². The molecule has 11 nitrogen and oxygen atoms in total. The number of carbonyl (C=O) groups is 2. The standard InChI is InChI=1S/C27H34N8O3/c1-15(2)33(7)22-12-17-18(20(29-22)14-32(6)26(37)38)13-34(25(17)36)21-10-8-9-19(28-21)24-31-30-23-11-16(3)27(4,5)35(23)24/h8-10,12,15-16H,11,13-14H2,1-7H3,(H,37,38). The molecule has 11 heteroatoms. The van der Waals surface area contributed by atoms with E-state index in [-0.39, 0.29) is 30.6 Å². The summed E-state index contributed by atoms with van der Waals surface area (Å²) in [5.41, 5.74) is 2.29. The van der Waals surface area contributed by atoms with Crippen molar-refractivity contribution in [2.45, 2.75) is 65.7 Å². The van der Waals surface area contributed by atoms with Gasteiger partial charge in [0.25, 0.3) is 5.91 Å². The highest BCUT2D eigenvalue weighted by atomic mass is 16.4. The molecule has 2 aliphatic rings. The van der Waals surface area contributed by atoms with E-state index in [0.717, 1.165) is 17.8 Å². The van der Waals surface area contributed by atoms with Crippen LogP contribution in [-0.2, 0) is 25.0 Å². The molecule has 1 unspecified atom stereocenters. The molecule has 1 atom stereocenters. The first-order valence-corrected chi connectivity index (χ1v) is 12.8. The summed E-state index contributed by atoms with van der Waals surface area (Å²) >= 11 is 0. The van der Waals surface area contributed by atoms with Crippen LogP contribution in [0.25, 0.3) is 11.5 Å². The first kappa shape index (κ1) is 25.6. The van der Waals surface area contributed by atoms with Gasteiger partial charge in [-0.3, -0.25) is 9.69 Å². The maximum absolute atomic E-state index is 13.7. The van der Waals surface area contributed by atoms with E-state index in [2.05, 4.69) is 35.5 Å². The fraction of sp³-hybridized carbons (Fsp3) is 0.481. The van der Waals surface area contributed by atoms with Gasteiger partial charge in [-0.1, -0.05) is 13.0 Å². The van der Waals surface area contributed by atoms with Crippen molar-refractivity contribution in [2.24, 2.45) is 5.92 Å². The van der Waals surface area contributed by atoms with E-state index in [4.69, 9.17) is 9.97 Å². The van der Waals surface area contributed by atoms with Crippen molar-refractivity contribution in [1.29, 1.82) is 0 Å². The number of hydrogen-bond acceptors (Lipinski definition) is 7. The molecule has 1 N–H and O–H groups in total. The van der Waals surface area contributed by atoms with Gasteiger partial charge in [0.05, 0.1) is 24.3 Å². The van der Waals surface area contributed by atoms with Crippen LogP contribution in [0.5, 0.6) is 0 Å². The number of aromatic nitrogens is 5. The number of anilines is 2. The molecular weight excluding hydrogens is 484 g/mol. The van der Waals surface area contributed by atoms with Gasteiger partial charge in [0.2, 0.25) is 0 Å². The maximum Gasteiger partial charge on any atom is 0.407 e. The van der Waals surface area contributed by atoms with Gasteiger partial charge < -0.3 is 19.5 Å². The average Bonchev–Trinajstić information content (AvgIpc) is 3.51. The Hall–Kier alpha value is -4.02. The Kier molecular flexibility index (Phi) is 6.12. The van der Waals surface area contributed by atoms with E-state index in [0.29, 0.717) is 40.3 Å². The van der Waals surface area contributed by atoms with Crippen molar-refractivity contribution in [3.8, 4) is 11.5 Å². The predicted molar refractivity (Wildman–Crippen MR) is 143 cm³/mol. The lowest BCUT2D eigenvalue weighted by molar-refractivity contribution is 0.0996. The fourth-order valence-corrected chi connectivity index (χ4v) is 5.07. The Morgan fingerprint density at radius 2 is 1.95 bits per heavy atom. The van der Waals surface area contributed by atoms with Gasteiger partial charge in [0.1, 0.15) is 23.2 Å². The fourth-order valence-electron chi connectivity index (χ4n) is 5.07. The molecule has 5 rings (SSSR count). The van der Waals surface area contributed by atoms with Gasteiger partial charge in [-0.2, -0.15) is 0 Å². The van der Waals surface area contributed by atoms with Crippen molar-refractivity contribution in [2.75, 3.05) is 23.9 Å². The predicted octanol–water partition coefficient (Wildman–Crippen LogP) is 3.78. The van der Waals surface area contributed by atoms with Crippen LogP contribution in [0, 0.1) is 5.92 Å². The number of carboxylic acid groups (broad SMARTS) is 1. The minimum atomic E-state index is -1.06. The van der Waals surface area contributed by atoms with E-state index < -0.39 is 6.09 Å². The molecule has 0 saturated heterocycles. The van der Waals surface area contributed by atoms with E-state index in [1.54, 1.807) is 17.0 Å². The molecule has 2 amide bonds.